The SMILES string of the molecule is O=c1sc2cc(F)ccc2n1CCCCN1CCN(C2CCCCC2)CC1. The fraction of sp³-hybridized carbons (Fsp3) is 0.667. The number of fused-ring (bicyclic) bond motifs is 1. The van der Waals surface area contributed by atoms with Crippen LogP contribution in [0, 0.1) is 5.82 Å². The first-order valence-electron chi connectivity index (χ1n) is 10.5. The molecule has 2 fully saturated rings. The van der Waals surface area contributed by atoms with Crippen LogP contribution in [-0.4, -0.2) is 53.1 Å². The number of piperazine rings is 1. The summed E-state index contributed by atoms with van der Waals surface area (Å²) in [5, 5.41) is 0. The molecule has 1 saturated carbocycles. The summed E-state index contributed by atoms with van der Waals surface area (Å²) >= 11 is 1.14. The minimum Gasteiger partial charge on any atom is -0.301 e. The smallest absolute Gasteiger partial charge is 0.301 e. The van der Waals surface area contributed by atoms with Crippen LogP contribution in [0.25, 0.3) is 10.2 Å². The van der Waals surface area contributed by atoms with Crippen molar-refractivity contribution in [3.05, 3.63) is 33.7 Å². The van der Waals surface area contributed by atoms with Crippen molar-refractivity contribution in [1.82, 2.24) is 14.4 Å². The van der Waals surface area contributed by atoms with Gasteiger partial charge in [0.25, 0.3) is 0 Å². The van der Waals surface area contributed by atoms with E-state index in [0.717, 1.165) is 53.5 Å². The largest absolute Gasteiger partial charge is 0.308 e. The van der Waals surface area contributed by atoms with Crippen LogP contribution in [0.1, 0.15) is 44.9 Å². The van der Waals surface area contributed by atoms with Crippen molar-refractivity contribution in [1.29, 1.82) is 0 Å². The first-order valence-corrected chi connectivity index (χ1v) is 11.3. The number of aryl methyl sites for hydroxylation is 1. The molecule has 6 heteroatoms. The predicted molar refractivity (Wildman–Crippen MR) is 110 cm³/mol. The molecule has 1 saturated heterocycles. The lowest BCUT2D eigenvalue weighted by Gasteiger charge is -2.40. The average molecular weight is 392 g/mol. The number of thiazole rings is 1. The minimum absolute atomic E-state index is 0.0247. The van der Waals surface area contributed by atoms with Crippen LogP contribution in [0.4, 0.5) is 4.39 Å². The number of hydrogen-bond donors (Lipinski definition) is 0. The number of rotatable bonds is 6. The summed E-state index contributed by atoms with van der Waals surface area (Å²) in [7, 11) is 0. The Bertz CT molecular complexity index is 803. The van der Waals surface area contributed by atoms with E-state index in [2.05, 4.69) is 9.80 Å². The molecule has 2 heterocycles. The normalized spacial score (nSPS) is 20.5. The van der Waals surface area contributed by atoms with Crippen molar-refractivity contribution in [2.75, 3.05) is 32.7 Å². The highest BCUT2D eigenvalue weighted by Gasteiger charge is 2.24. The Kier molecular flexibility index (Phi) is 6.25. The topological polar surface area (TPSA) is 28.5 Å². The molecular formula is C21H30FN3OS. The van der Waals surface area contributed by atoms with Gasteiger partial charge >= 0.3 is 4.87 Å². The minimum atomic E-state index is -0.275. The molecule has 1 aromatic carbocycles. The first-order chi connectivity index (χ1) is 13.2. The van der Waals surface area contributed by atoms with Gasteiger partial charge in [0, 0.05) is 38.8 Å². The summed E-state index contributed by atoms with van der Waals surface area (Å²) in [6, 6.07) is 5.47. The van der Waals surface area contributed by atoms with Crippen molar-refractivity contribution in [3.63, 3.8) is 0 Å². The Morgan fingerprint density at radius 3 is 2.52 bits per heavy atom. The van der Waals surface area contributed by atoms with Crippen LogP contribution in [0.2, 0.25) is 0 Å². The van der Waals surface area contributed by atoms with Crippen LogP contribution < -0.4 is 4.87 Å². The third kappa shape index (κ3) is 4.61. The fourth-order valence-corrected chi connectivity index (χ4v) is 5.60. The Labute approximate surface area is 164 Å². The quantitative estimate of drug-likeness (QED) is 0.699. The monoisotopic (exact) mass is 391 g/mol. The molecule has 0 bridgehead atoms. The molecule has 0 spiro atoms. The highest BCUT2D eigenvalue weighted by Crippen LogP contribution is 2.23. The molecule has 1 aliphatic carbocycles. The van der Waals surface area contributed by atoms with Gasteiger partial charge in [0.2, 0.25) is 0 Å². The molecule has 0 amide bonds. The van der Waals surface area contributed by atoms with Gasteiger partial charge < -0.3 is 4.90 Å². The third-order valence-corrected chi connectivity index (χ3v) is 7.18. The first kappa shape index (κ1) is 19.1. The van der Waals surface area contributed by atoms with E-state index in [1.807, 2.05) is 0 Å². The zero-order chi connectivity index (χ0) is 18.6. The summed E-state index contributed by atoms with van der Waals surface area (Å²) < 4.78 is 15.9. The van der Waals surface area contributed by atoms with Crippen molar-refractivity contribution in [3.8, 4) is 0 Å². The van der Waals surface area contributed by atoms with E-state index in [0.29, 0.717) is 0 Å². The van der Waals surface area contributed by atoms with Gasteiger partial charge in [-0.3, -0.25) is 14.3 Å². The number of nitrogens with zero attached hydrogens (tertiary/aromatic N) is 3. The Morgan fingerprint density at radius 1 is 1.00 bits per heavy atom. The molecule has 1 aromatic heterocycles. The van der Waals surface area contributed by atoms with E-state index in [1.54, 1.807) is 10.6 Å². The lowest BCUT2D eigenvalue weighted by molar-refractivity contribution is 0.0780. The molecule has 2 aromatic rings. The summed E-state index contributed by atoms with van der Waals surface area (Å²) in [6.07, 6.45) is 9.14. The summed E-state index contributed by atoms with van der Waals surface area (Å²) in [5.41, 5.74) is 0.868. The van der Waals surface area contributed by atoms with E-state index < -0.39 is 0 Å². The molecule has 4 rings (SSSR count). The fourth-order valence-electron chi connectivity index (χ4n) is 4.66. The van der Waals surface area contributed by atoms with Crippen LogP contribution in [0.3, 0.4) is 0 Å². The van der Waals surface area contributed by atoms with Crippen LogP contribution >= 0.6 is 11.3 Å². The zero-order valence-electron chi connectivity index (χ0n) is 16.0. The van der Waals surface area contributed by atoms with E-state index in [9.17, 15) is 9.18 Å². The van der Waals surface area contributed by atoms with Gasteiger partial charge in [0.15, 0.2) is 0 Å². The number of aromatic nitrogens is 1. The maximum atomic E-state index is 13.3. The van der Waals surface area contributed by atoms with E-state index in [4.69, 9.17) is 0 Å². The maximum Gasteiger partial charge on any atom is 0.308 e. The molecule has 27 heavy (non-hydrogen) atoms. The molecule has 4 nitrogen and oxygen atoms in total. The third-order valence-electron chi connectivity index (χ3n) is 6.23. The summed E-state index contributed by atoms with van der Waals surface area (Å²) in [4.78, 5) is 17.5. The van der Waals surface area contributed by atoms with Gasteiger partial charge in [-0.05, 0) is 50.4 Å². The van der Waals surface area contributed by atoms with Gasteiger partial charge in [-0.1, -0.05) is 30.6 Å². The lowest BCUT2D eigenvalue weighted by Crippen LogP contribution is -2.50. The molecule has 0 unspecified atom stereocenters. The zero-order valence-corrected chi connectivity index (χ0v) is 16.9. The van der Waals surface area contributed by atoms with Gasteiger partial charge in [-0.15, -0.1) is 0 Å². The standard InChI is InChI=1S/C21H30FN3OS/c22-17-8-9-19-20(16-17)27-21(26)25(19)11-5-4-10-23-12-14-24(15-13-23)18-6-2-1-3-7-18/h8-9,16,18H,1-7,10-15H2. The van der Waals surface area contributed by atoms with Crippen molar-refractivity contribution in [2.24, 2.45) is 0 Å². The van der Waals surface area contributed by atoms with E-state index in [1.165, 1.54) is 70.4 Å². The van der Waals surface area contributed by atoms with Crippen LogP contribution in [-0.2, 0) is 6.54 Å². The van der Waals surface area contributed by atoms with Gasteiger partial charge in [-0.25, -0.2) is 4.39 Å². The van der Waals surface area contributed by atoms with Gasteiger partial charge in [0.1, 0.15) is 5.82 Å². The molecule has 2 aliphatic rings. The number of halogens is 1. The highest BCUT2D eigenvalue weighted by molar-refractivity contribution is 7.16. The molecule has 1 aliphatic heterocycles. The highest BCUT2D eigenvalue weighted by atomic mass is 32.1. The second-order valence-corrected chi connectivity index (χ2v) is 9.00. The molecule has 0 atom stereocenters. The number of benzene rings is 1. The lowest BCUT2D eigenvalue weighted by atomic mass is 9.94. The summed E-state index contributed by atoms with van der Waals surface area (Å²) in [6.45, 7) is 6.63. The molecule has 148 valence electrons. The second-order valence-electron chi connectivity index (χ2n) is 8.01. The van der Waals surface area contributed by atoms with Gasteiger partial charge in [0.05, 0.1) is 10.2 Å². The molecular weight excluding hydrogens is 361 g/mol. The van der Waals surface area contributed by atoms with Crippen molar-refractivity contribution >= 4 is 21.6 Å². The van der Waals surface area contributed by atoms with Crippen molar-refractivity contribution in [2.45, 2.75) is 57.5 Å². The number of hydrogen-bond acceptors (Lipinski definition) is 4. The summed E-state index contributed by atoms with van der Waals surface area (Å²) in [5.74, 6) is -0.275. The van der Waals surface area contributed by atoms with Gasteiger partial charge in [-0.2, -0.15) is 0 Å². The Morgan fingerprint density at radius 2 is 1.74 bits per heavy atom. The van der Waals surface area contributed by atoms with E-state index >= 15 is 0 Å². The molecule has 0 N–H and O–H groups in total. The van der Waals surface area contributed by atoms with Crippen molar-refractivity contribution < 1.29 is 4.39 Å². The average Bonchev–Trinajstić information content (AvgIpc) is 3.00. The second kappa shape index (κ2) is 8.84. The predicted octanol–water partition coefficient (Wildman–Crippen LogP) is 3.93. The number of unbranched alkanes of at least 4 members (excludes halogenated alkanes) is 1. The van der Waals surface area contributed by atoms with Crippen LogP contribution in [0.5, 0.6) is 0 Å². The molecule has 0 radical (unpaired) electrons. The van der Waals surface area contributed by atoms with E-state index in [-0.39, 0.29) is 10.7 Å². The maximum absolute atomic E-state index is 13.3. The van der Waals surface area contributed by atoms with Crippen LogP contribution in [0.15, 0.2) is 23.0 Å². The Balaban J connectivity index is 1.21. The Hall–Kier alpha value is -1.24.